The Morgan fingerprint density at radius 1 is 1.14 bits per heavy atom. The van der Waals surface area contributed by atoms with Gasteiger partial charge in [-0.15, -0.1) is 5.10 Å². The zero-order valence-electron chi connectivity index (χ0n) is 12.0. The number of rotatable bonds is 4. The van der Waals surface area contributed by atoms with Gasteiger partial charge in [0.2, 0.25) is 11.0 Å². The molecule has 1 aromatic carbocycles. The number of nitrogens with zero attached hydrogens (tertiary/aromatic N) is 4. The van der Waals surface area contributed by atoms with E-state index in [9.17, 15) is 0 Å². The number of thioether (sulfide) groups is 1. The average Bonchev–Trinajstić information content (AvgIpc) is 3.09. The van der Waals surface area contributed by atoms with Gasteiger partial charge in [-0.1, -0.05) is 46.7 Å². The van der Waals surface area contributed by atoms with Crippen molar-refractivity contribution >= 4 is 11.8 Å². The second-order valence-corrected chi connectivity index (χ2v) is 6.08. The van der Waals surface area contributed by atoms with Crippen LogP contribution in [0.25, 0.3) is 11.4 Å². The van der Waals surface area contributed by atoms with Crippen LogP contribution in [0.4, 0.5) is 0 Å². The second-order valence-electron chi connectivity index (χ2n) is 4.77. The lowest BCUT2D eigenvalue weighted by atomic mass is 10.1. The molecule has 1 atom stereocenters. The van der Waals surface area contributed by atoms with E-state index in [0.717, 1.165) is 11.4 Å². The molecule has 0 radical (unpaired) electrons. The Kier molecular flexibility index (Phi) is 3.74. The summed E-state index contributed by atoms with van der Waals surface area (Å²) in [7, 11) is 0. The van der Waals surface area contributed by atoms with Crippen molar-refractivity contribution < 1.29 is 4.52 Å². The molecule has 0 aliphatic rings. The Labute approximate surface area is 126 Å². The van der Waals surface area contributed by atoms with E-state index >= 15 is 0 Å². The molecule has 108 valence electrons. The van der Waals surface area contributed by atoms with E-state index in [0.29, 0.717) is 16.9 Å². The fraction of sp³-hybridized carbons (Fsp3) is 0.286. The summed E-state index contributed by atoms with van der Waals surface area (Å²) in [6.07, 6.45) is 0. The van der Waals surface area contributed by atoms with Crippen molar-refractivity contribution in [3.63, 3.8) is 0 Å². The highest BCUT2D eigenvalue weighted by atomic mass is 32.2. The van der Waals surface area contributed by atoms with E-state index in [2.05, 4.69) is 44.4 Å². The first kappa shape index (κ1) is 13.8. The smallest absolute Gasteiger partial charge is 0.239 e. The molecule has 7 heteroatoms. The van der Waals surface area contributed by atoms with Gasteiger partial charge in [-0.3, -0.25) is 5.10 Å². The van der Waals surface area contributed by atoms with Crippen LogP contribution in [-0.4, -0.2) is 25.3 Å². The summed E-state index contributed by atoms with van der Waals surface area (Å²) in [5.41, 5.74) is 2.23. The molecule has 0 fully saturated rings. The van der Waals surface area contributed by atoms with Gasteiger partial charge in [0.25, 0.3) is 0 Å². The molecule has 0 saturated heterocycles. The van der Waals surface area contributed by atoms with Crippen molar-refractivity contribution in [2.45, 2.75) is 31.2 Å². The molecule has 0 bridgehead atoms. The number of aryl methyl sites for hydroxylation is 2. The molecular formula is C14H15N5OS. The van der Waals surface area contributed by atoms with E-state index in [4.69, 9.17) is 4.52 Å². The molecule has 0 aliphatic heterocycles. The van der Waals surface area contributed by atoms with E-state index in [1.54, 1.807) is 6.92 Å². The molecule has 3 rings (SSSR count). The van der Waals surface area contributed by atoms with Crippen LogP contribution in [-0.2, 0) is 0 Å². The van der Waals surface area contributed by atoms with Crippen molar-refractivity contribution in [3.05, 3.63) is 41.5 Å². The third-order valence-electron chi connectivity index (χ3n) is 2.96. The van der Waals surface area contributed by atoms with Gasteiger partial charge < -0.3 is 4.52 Å². The number of nitrogens with one attached hydrogen (secondary N) is 1. The van der Waals surface area contributed by atoms with Gasteiger partial charge in [-0.25, -0.2) is 4.98 Å². The maximum atomic E-state index is 5.16. The van der Waals surface area contributed by atoms with Gasteiger partial charge >= 0.3 is 0 Å². The van der Waals surface area contributed by atoms with Gasteiger partial charge in [0, 0.05) is 5.56 Å². The van der Waals surface area contributed by atoms with Crippen molar-refractivity contribution in [1.82, 2.24) is 25.3 Å². The van der Waals surface area contributed by atoms with E-state index in [1.165, 1.54) is 17.3 Å². The first-order valence-electron chi connectivity index (χ1n) is 6.58. The molecule has 6 nitrogen and oxygen atoms in total. The van der Waals surface area contributed by atoms with E-state index in [-0.39, 0.29) is 5.25 Å². The molecule has 0 amide bonds. The topological polar surface area (TPSA) is 80.5 Å². The lowest BCUT2D eigenvalue weighted by Crippen LogP contribution is -1.89. The van der Waals surface area contributed by atoms with Gasteiger partial charge in [0.05, 0.1) is 5.25 Å². The summed E-state index contributed by atoms with van der Waals surface area (Å²) in [6.45, 7) is 5.84. The molecule has 0 aliphatic carbocycles. The molecule has 3 aromatic rings. The SMILES string of the molecule is Cc1ccc(-c2nc(SC(C)c3nc(C)no3)n[nH]2)cc1. The number of aromatic nitrogens is 5. The Hall–Kier alpha value is -2.15. The molecule has 21 heavy (non-hydrogen) atoms. The number of hydrogen-bond acceptors (Lipinski definition) is 6. The minimum atomic E-state index is 0.00729. The summed E-state index contributed by atoms with van der Waals surface area (Å²) < 4.78 is 5.16. The van der Waals surface area contributed by atoms with Gasteiger partial charge in [-0.2, -0.15) is 4.98 Å². The Morgan fingerprint density at radius 3 is 2.57 bits per heavy atom. The summed E-state index contributed by atoms with van der Waals surface area (Å²) in [6, 6.07) is 8.15. The Morgan fingerprint density at radius 2 is 1.90 bits per heavy atom. The summed E-state index contributed by atoms with van der Waals surface area (Å²) in [5, 5.41) is 11.6. The monoisotopic (exact) mass is 301 g/mol. The zero-order valence-corrected chi connectivity index (χ0v) is 12.8. The lowest BCUT2D eigenvalue weighted by Gasteiger charge is -2.01. The standard InChI is InChI=1S/C14H15N5OS/c1-8-4-6-11(7-5-8)12-16-14(18-17-12)21-9(2)13-15-10(3)19-20-13/h4-7,9H,1-3H3,(H,16,17,18). The van der Waals surface area contributed by atoms with Crippen LogP contribution in [0.1, 0.15) is 29.5 Å². The summed E-state index contributed by atoms with van der Waals surface area (Å²) in [5.74, 6) is 1.97. The predicted molar refractivity (Wildman–Crippen MR) is 79.9 cm³/mol. The number of aromatic amines is 1. The van der Waals surface area contributed by atoms with E-state index < -0.39 is 0 Å². The first-order valence-corrected chi connectivity index (χ1v) is 7.46. The first-order chi connectivity index (χ1) is 10.1. The average molecular weight is 301 g/mol. The molecule has 0 saturated carbocycles. The van der Waals surface area contributed by atoms with Gasteiger partial charge in [0.15, 0.2) is 11.6 Å². The third kappa shape index (κ3) is 3.13. The van der Waals surface area contributed by atoms with Crippen LogP contribution >= 0.6 is 11.8 Å². The van der Waals surface area contributed by atoms with Crippen LogP contribution in [0.5, 0.6) is 0 Å². The fourth-order valence-electron chi connectivity index (χ4n) is 1.83. The quantitative estimate of drug-likeness (QED) is 0.744. The molecular weight excluding hydrogens is 286 g/mol. The normalized spacial score (nSPS) is 12.5. The molecule has 0 spiro atoms. The highest BCUT2D eigenvalue weighted by molar-refractivity contribution is 7.99. The molecule has 2 aromatic heterocycles. The maximum absolute atomic E-state index is 5.16. The van der Waals surface area contributed by atoms with Crippen molar-refractivity contribution in [2.75, 3.05) is 0 Å². The van der Waals surface area contributed by atoms with Crippen molar-refractivity contribution in [1.29, 1.82) is 0 Å². The van der Waals surface area contributed by atoms with Crippen LogP contribution < -0.4 is 0 Å². The summed E-state index contributed by atoms with van der Waals surface area (Å²) in [4.78, 5) is 8.71. The minimum absolute atomic E-state index is 0.00729. The highest BCUT2D eigenvalue weighted by Gasteiger charge is 2.17. The highest BCUT2D eigenvalue weighted by Crippen LogP contribution is 2.32. The summed E-state index contributed by atoms with van der Waals surface area (Å²) >= 11 is 1.48. The molecule has 2 heterocycles. The van der Waals surface area contributed by atoms with Crippen molar-refractivity contribution in [2.24, 2.45) is 0 Å². The van der Waals surface area contributed by atoms with Gasteiger partial charge in [-0.05, 0) is 20.8 Å². The van der Waals surface area contributed by atoms with Crippen molar-refractivity contribution in [3.8, 4) is 11.4 Å². The van der Waals surface area contributed by atoms with E-state index in [1.807, 2.05) is 19.1 Å². The number of H-pyrrole nitrogens is 1. The largest absolute Gasteiger partial charge is 0.338 e. The van der Waals surface area contributed by atoms with Crippen LogP contribution in [0.2, 0.25) is 0 Å². The van der Waals surface area contributed by atoms with Crippen LogP contribution in [0.3, 0.4) is 0 Å². The molecule has 1 unspecified atom stereocenters. The fourth-order valence-corrected chi connectivity index (χ4v) is 2.58. The lowest BCUT2D eigenvalue weighted by molar-refractivity contribution is 0.376. The Balaban J connectivity index is 1.74. The number of hydrogen-bond donors (Lipinski definition) is 1. The molecule has 1 N–H and O–H groups in total. The minimum Gasteiger partial charge on any atom is -0.338 e. The second kappa shape index (κ2) is 5.69. The maximum Gasteiger partial charge on any atom is 0.239 e. The zero-order chi connectivity index (χ0) is 14.8. The van der Waals surface area contributed by atoms with Crippen LogP contribution in [0, 0.1) is 13.8 Å². The number of benzene rings is 1. The van der Waals surface area contributed by atoms with Crippen LogP contribution in [0.15, 0.2) is 33.9 Å². The predicted octanol–water partition coefficient (Wildman–Crippen LogP) is 3.32. The Bertz CT molecular complexity index is 734. The third-order valence-corrected chi connectivity index (χ3v) is 3.91. The van der Waals surface area contributed by atoms with Gasteiger partial charge in [0.1, 0.15) is 0 Å².